The molecule has 1 aliphatic carbocycles. The molecule has 0 aromatic rings. The van der Waals surface area contributed by atoms with E-state index in [1.165, 1.54) is 32.1 Å². The molecule has 0 bridgehead atoms. The summed E-state index contributed by atoms with van der Waals surface area (Å²) in [7, 11) is 0. The summed E-state index contributed by atoms with van der Waals surface area (Å²) < 4.78 is 0. The fourth-order valence-electron chi connectivity index (χ4n) is 2.23. The van der Waals surface area contributed by atoms with Gasteiger partial charge in [-0.05, 0) is 30.1 Å². The SMILES string of the molecule is CCCC1CC1(C)CCC(C)C. The fraction of sp³-hybridized carbons (Fsp3) is 1.00. The van der Waals surface area contributed by atoms with Crippen LogP contribution in [0, 0.1) is 17.3 Å². The van der Waals surface area contributed by atoms with Crippen LogP contribution >= 0.6 is 0 Å². The van der Waals surface area contributed by atoms with Gasteiger partial charge >= 0.3 is 0 Å². The van der Waals surface area contributed by atoms with E-state index in [1.54, 1.807) is 0 Å². The van der Waals surface area contributed by atoms with Gasteiger partial charge in [0.2, 0.25) is 0 Å². The average molecular weight is 168 g/mol. The molecule has 0 aliphatic heterocycles. The average Bonchev–Trinajstić information content (AvgIpc) is 2.60. The summed E-state index contributed by atoms with van der Waals surface area (Å²) in [6, 6.07) is 0. The van der Waals surface area contributed by atoms with Gasteiger partial charge in [0, 0.05) is 0 Å². The van der Waals surface area contributed by atoms with Crippen molar-refractivity contribution in [1.82, 2.24) is 0 Å². The maximum Gasteiger partial charge on any atom is -0.0294 e. The zero-order valence-electron chi connectivity index (χ0n) is 9.19. The van der Waals surface area contributed by atoms with Gasteiger partial charge in [-0.15, -0.1) is 0 Å². The summed E-state index contributed by atoms with van der Waals surface area (Å²) in [4.78, 5) is 0. The molecule has 0 saturated heterocycles. The zero-order chi connectivity index (χ0) is 9.19. The van der Waals surface area contributed by atoms with Gasteiger partial charge in [0.15, 0.2) is 0 Å². The van der Waals surface area contributed by atoms with Gasteiger partial charge in [0.1, 0.15) is 0 Å². The highest BCUT2D eigenvalue weighted by Gasteiger charge is 2.47. The van der Waals surface area contributed by atoms with Gasteiger partial charge in [0.25, 0.3) is 0 Å². The van der Waals surface area contributed by atoms with Gasteiger partial charge in [-0.1, -0.05) is 47.0 Å². The van der Waals surface area contributed by atoms with Crippen LogP contribution < -0.4 is 0 Å². The third-order valence-corrected chi connectivity index (χ3v) is 3.47. The number of rotatable bonds is 5. The topological polar surface area (TPSA) is 0 Å². The van der Waals surface area contributed by atoms with Gasteiger partial charge in [-0.2, -0.15) is 0 Å². The molecule has 0 spiro atoms. The third kappa shape index (κ3) is 2.50. The molecule has 0 amide bonds. The minimum atomic E-state index is 0.750. The summed E-state index contributed by atoms with van der Waals surface area (Å²) in [6.07, 6.45) is 7.25. The van der Waals surface area contributed by atoms with E-state index in [2.05, 4.69) is 27.7 Å². The maximum atomic E-state index is 2.48. The Labute approximate surface area is 77.7 Å². The first kappa shape index (κ1) is 10.1. The van der Waals surface area contributed by atoms with Crippen LogP contribution in [0.25, 0.3) is 0 Å². The van der Waals surface area contributed by atoms with Gasteiger partial charge in [0.05, 0.1) is 0 Å². The van der Waals surface area contributed by atoms with E-state index >= 15 is 0 Å². The van der Waals surface area contributed by atoms with Crippen molar-refractivity contribution in [1.29, 1.82) is 0 Å². The second kappa shape index (κ2) is 3.81. The Kier molecular flexibility index (Phi) is 3.20. The Hall–Kier alpha value is 0. The van der Waals surface area contributed by atoms with Crippen LogP contribution in [0.15, 0.2) is 0 Å². The van der Waals surface area contributed by atoms with Gasteiger partial charge < -0.3 is 0 Å². The Balaban J connectivity index is 2.16. The van der Waals surface area contributed by atoms with Crippen molar-refractivity contribution < 1.29 is 0 Å². The van der Waals surface area contributed by atoms with Crippen molar-refractivity contribution in [3.05, 3.63) is 0 Å². The lowest BCUT2D eigenvalue weighted by Gasteiger charge is -2.12. The van der Waals surface area contributed by atoms with Crippen LogP contribution in [0.5, 0.6) is 0 Å². The van der Waals surface area contributed by atoms with E-state index in [0.717, 1.165) is 17.3 Å². The molecule has 0 N–H and O–H groups in total. The molecule has 2 atom stereocenters. The Bertz CT molecular complexity index is 137. The molecule has 12 heavy (non-hydrogen) atoms. The number of hydrogen-bond acceptors (Lipinski definition) is 0. The number of hydrogen-bond donors (Lipinski definition) is 0. The third-order valence-electron chi connectivity index (χ3n) is 3.47. The predicted octanol–water partition coefficient (Wildman–Crippen LogP) is 4.25. The van der Waals surface area contributed by atoms with Crippen LogP contribution in [0.2, 0.25) is 0 Å². The summed E-state index contributed by atoms with van der Waals surface area (Å²) in [5, 5.41) is 0. The lowest BCUT2D eigenvalue weighted by Crippen LogP contribution is -2.00. The van der Waals surface area contributed by atoms with E-state index in [-0.39, 0.29) is 0 Å². The molecule has 72 valence electrons. The molecule has 0 aromatic carbocycles. The first-order valence-corrected chi connectivity index (χ1v) is 5.58. The molecule has 1 aliphatic rings. The summed E-state index contributed by atoms with van der Waals surface area (Å²) in [5.41, 5.74) is 0.750. The normalized spacial score (nSPS) is 34.2. The lowest BCUT2D eigenvalue weighted by atomic mass is 9.94. The summed E-state index contributed by atoms with van der Waals surface area (Å²) >= 11 is 0. The standard InChI is InChI=1S/C12H24/c1-5-6-11-9-12(11,4)8-7-10(2)3/h10-11H,5-9H2,1-4H3. The fourth-order valence-corrected chi connectivity index (χ4v) is 2.23. The molecule has 0 aromatic heterocycles. The molecule has 2 unspecified atom stereocenters. The largest absolute Gasteiger partial charge is 0.0654 e. The molecule has 0 heteroatoms. The lowest BCUT2D eigenvalue weighted by molar-refractivity contribution is 0.394. The highest BCUT2D eigenvalue weighted by molar-refractivity contribution is 4.98. The molecular weight excluding hydrogens is 144 g/mol. The predicted molar refractivity (Wildman–Crippen MR) is 55.2 cm³/mol. The summed E-state index contributed by atoms with van der Waals surface area (Å²) in [5.74, 6) is 1.96. The van der Waals surface area contributed by atoms with Crippen molar-refractivity contribution in [2.45, 2.75) is 59.8 Å². The van der Waals surface area contributed by atoms with Crippen molar-refractivity contribution in [2.24, 2.45) is 17.3 Å². The first-order valence-electron chi connectivity index (χ1n) is 5.58. The first-order chi connectivity index (χ1) is 5.58. The molecule has 0 heterocycles. The van der Waals surface area contributed by atoms with Crippen LogP contribution in [-0.4, -0.2) is 0 Å². The molecule has 0 nitrogen and oxygen atoms in total. The Morgan fingerprint density at radius 3 is 2.58 bits per heavy atom. The zero-order valence-corrected chi connectivity index (χ0v) is 9.19. The highest BCUT2D eigenvalue weighted by atomic mass is 14.5. The van der Waals surface area contributed by atoms with E-state index in [1.807, 2.05) is 0 Å². The molecule has 1 saturated carbocycles. The van der Waals surface area contributed by atoms with E-state index in [4.69, 9.17) is 0 Å². The van der Waals surface area contributed by atoms with Crippen LogP contribution in [0.4, 0.5) is 0 Å². The smallest absolute Gasteiger partial charge is 0.0294 e. The van der Waals surface area contributed by atoms with Crippen molar-refractivity contribution in [3.8, 4) is 0 Å². The minimum absolute atomic E-state index is 0.750. The summed E-state index contributed by atoms with van der Waals surface area (Å²) in [6.45, 7) is 9.46. The van der Waals surface area contributed by atoms with Gasteiger partial charge in [-0.3, -0.25) is 0 Å². The van der Waals surface area contributed by atoms with Crippen molar-refractivity contribution in [3.63, 3.8) is 0 Å². The second-order valence-electron chi connectivity index (χ2n) is 5.28. The van der Waals surface area contributed by atoms with Crippen LogP contribution in [0.3, 0.4) is 0 Å². The van der Waals surface area contributed by atoms with E-state index in [0.29, 0.717) is 0 Å². The van der Waals surface area contributed by atoms with Crippen molar-refractivity contribution in [2.75, 3.05) is 0 Å². The molecule has 1 fully saturated rings. The quantitative estimate of drug-likeness (QED) is 0.575. The highest BCUT2D eigenvalue weighted by Crippen LogP contribution is 2.57. The Morgan fingerprint density at radius 2 is 2.08 bits per heavy atom. The maximum absolute atomic E-state index is 2.48. The monoisotopic (exact) mass is 168 g/mol. The molecule has 1 rings (SSSR count). The Morgan fingerprint density at radius 1 is 1.42 bits per heavy atom. The second-order valence-corrected chi connectivity index (χ2v) is 5.28. The van der Waals surface area contributed by atoms with Crippen LogP contribution in [0.1, 0.15) is 59.8 Å². The molecular formula is C12H24. The van der Waals surface area contributed by atoms with Gasteiger partial charge in [-0.25, -0.2) is 0 Å². The molecule has 0 radical (unpaired) electrons. The van der Waals surface area contributed by atoms with E-state index < -0.39 is 0 Å². The van der Waals surface area contributed by atoms with Crippen molar-refractivity contribution >= 4 is 0 Å². The van der Waals surface area contributed by atoms with Crippen LogP contribution in [-0.2, 0) is 0 Å². The van der Waals surface area contributed by atoms with E-state index in [9.17, 15) is 0 Å². The minimum Gasteiger partial charge on any atom is -0.0654 e.